The molecule has 0 aliphatic carbocycles. The highest BCUT2D eigenvalue weighted by molar-refractivity contribution is 5.95. The first-order valence-electron chi connectivity index (χ1n) is 7.91. The fourth-order valence-corrected chi connectivity index (χ4v) is 2.07. The molecule has 0 saturated heterocycles. The molecule has 7 heteroatoms. The Morgan fingerprint density at radius 2 is 1.08 bits per heavy atom. The van der Waals surface area contributed by atoms with E-state index >= 15 is 0 Å². The first-order valence-corrected chi connectivity index (χ1v) is 7.91. The van der Waals surface area contributed by atoms with E-state index in [1.807, 2.05) is 0 Å². The van der Waals surface area contributed by atoms with Gasteiger partial charge in [-0.15, -0.1) is 0 Å². The molecule has 0 amide bonds. The van der Waals surface area contributed by atoms with E-state index in [1.54, 1.807) is 48.5 Å². The van der Waals surface area contributed by atoms with Gasteiger partial charge < -0.3 is 26.3 Å². The van der Waals surface area contributed by atoms with Gasteiger partial charge in [0.05, 0.1) is 0 Å². The molecule has 7 nitrogen and oxygen atoms in total. The molecule has 0 aliphatic heterocycles. The zero-order chi connectivity index (χ0) is 18.1. The minimum Gasteiger partial charge on any atom is -0.492 e. The normalized spacial score (nSPS) is 10.2. The SMILES string of the molecule is N=C(N)c1ccc(OCCNCCOc2ccc(C(=N)N)cc2)cc1. The fourth-order valence-electron chi connectivity index (χ4n) is 2.07. The lowest BCUT2D eigenvalue weighted by molar-refractivity contribution is 0.289. The second-order valence-corrected chi connectivity index (χ2v) is 5.32. The summed E-state index contributed by atoms with van der Waals surface area (Å²) in [5.41, 5.74) is 12.2. The minimum absolute atomic E-state index is 0.0455. The van der Waals surface area contributed by atoms with Crippen LogP contribution in [0.3, 0.4) is 0 Å². The predicted molar refractivity (Wildman–Crippen MR) is 98.8 cm³/mol. The highest BCUT2D eigenvalue weighted by atomic mass is 16.5. The Hall–Kier alpha value is -3.06. The molecule has 0 fully saturated rings. The number of nitrogen functional groups attached to an aromatic ring is 2. The molecule has 0 saturated carbocycles. The summed E-state index contributed by atoms with van der Waals surface area (Å²) in [4.78, 5) is 0. The Bertz CT molecular complexity index is 637. The number of nitrogens with two attached hydrogens (primary N) is 2. The van der Waals surface area contributed by atoms with Gasteiger partial charge in [-0.25, -0.2) is 0 Å². The maximum atomic E-state index is 7.33. The number of hydrogen-bond donors (Lipinski definition) is 5. The summed E-state index contributed by atoms with van der Waals surface area (Å²) in [6, 6.07) is 14.2. The summed E-state index contributed by atoms with van der Waals surface area (Å²) in [7, 11) is 0. The molecule has 0 aliphatic rings. The highest BCUT2D eigenvalue weighted by Crippen LogP contribution is 2.12. The van der Waals surface area contributed by atoms with Crippen molar-refractivity contribution < 1.29 is 9.47 Å². The van der Waals surface area contributed by atoms with E-state index in [0.717, 1.165) is 11.5 Å². The van der Waals surface area contributed by atoms with Gasteiger partial charge in [0.25, 0.3) is 0 Å². The van der Waals surface area contributed by atoms with Crippen LogP contribution in [0.2, 0.25) is 0 Å². The zero-order valence-electron chi connectivity index (χ0n) is 13.9. The number of amidine groups is 2. The summed E-state index contributed by atoms with van der Waals surface area (Å²) < 4.78 is 11.2. The maximum Gasteiger partial charge on any atom is 0.122 e. The van der Waals surface area contributed by atoms with E-state index in [9.17, 15) is 0 Å². The molecule has 2 aromatic carbocycles. The minimum atomic E-state index is 0.0455. The zero-order valence-corrected chi connectivity index (χ0v) is 13.9. The van der Waals surface area contributed by atoms with Gasteiger partial charge in [0, 0.05) is 24.2 Å². The van der Waals surface area contributed by atoms with Gasteiger partial charge in [-0.2, -0.15) is 0 Å². The number of benzene rings is 2. The highest BCUT2D eigenvalue weighted by Gasteiger charge is 1.99. The van der Waals surface area contributed by atoms with E-state index in [2.05, 4.69) is 5.32 Å². The molecule has 0 heterocycles. The van der Waals surface area contributed by atoms with Gasteiger partial charge in [-0.3, -0.25) is 10.8 Å². The van der Waals surface area contributed by atoms with Crippen LogP contribution in [-0.4, -0.2) is 38.0 Å². The molecule has 7 N–H and O–H groups in total. The van der Waals surface area contributed by atoms with Crippen LogP contribution in [-0.2, 0) is 0 Å². The van der Waals surface area contributed by atoms with Gasteiger partial charge in [-0.1, -0.05) is 0 Å². The van der Waals surface area contributed by atoms with Crippen molar-refractivity contribution >= 4 is 11.7 Å². The molecule has 0 aromatic heterocycles. The summed E-state index contributed by atoms with van der Waals surface area (Å²) in [6.07, 6.45) is 0. The predicted octanol–water partition coefficient (Wildman–Crippen LogP) is 1.30. The van der Waals surface area contributed by atoms with Gasteiger partial charge in [-0.05, 0) is 48.5 Å². The molecule has 0 unspecified atom stereocenters. The van der Waals surface area contributed by atoms with E-state index < -0.39 is 0 Å². The van der Waals surface area contributed by atoms with E-state index in [0.29, 0.717) is 37.4 Å². The van der Waals surface area contributed by atoms with Gasteiger partial charge in [0.15, 0.2) is 0 Å². The lowest BCUT2D eigenvalue weighted by Gasteiger charge is -2.09. The lowest BCUT2D eigenvalue weighted by Crippen LogP contribution is -2.25. The number of rotatable bonds is 10. The molecule has 2 rings (SSSR count). The molecule has 0 atom stereocenters. The first kappa shape index (κ1) is 18.3. The molecule has 132 valence electrons. The molecule has 2 aromatic rings. The quantitative estimate of drug-likeness (QED) is 0.253. The third-order valence-corrected chi connectivity index (χ3v) is 3.43. The second kappa shape index (κ2) is 9.29. The van der Waals surface area contributed by atoms with E-state index in [4.69, 9.17) is 31.8 Å². The van der Waals surface area contributed by atoms with Crippen molar-refractivity contribution in [2.24, 2.45) is 11.5 Å². The molecule has 25 heavy (non-hydrogen) atoms. The number of hydrogen-bond acceptors (Lipinski definition) is 5. The van der Waals surface area contributed by atoms with Crippen molar-refractivity contribution in [3.05, 3.63) is 59.7 Å². The largest absolute Gasteiger partial charge is 0.492 e. The third-order valence-electron chi connectivity index (χ3n) is 3.43. The first-order chi connectivity index (χ1) is 12.1. The van der Waals surface area contributed by atoms with Crippen molar-refractivity contribution in [2.45, 2.75) is 0 Å². The average molecular weight is 341 g/mol. The smallest absolute Gasteiger partial charge is 0.122 e. The fraction of sp³-hybridized carbons (Fsp3) is 0.222. The Morgan fingerprint density at radius 3 is 1.40 bits per heavy atom. The van der Waals surface area contributed by atoms with Crippen molar-refractivity contribution in [1.82, 2.24) is 5.32 Å². The van der Waals surface area contributed by atoms with Crippen LogP contribution in [0.1, 0.15) is 11.1 Å². The topological polar surface area (TPSA) is 130 Å². The van der Waals surface area contributed by atoms with E-state index in [1.165, 1.54) is 0 Å². The van der Waals surface area contributed by atoms with Crippen LogP contribution in [0.5, 0.6) is 11.5 Å². The number of nitrogens with one attached hydrogen (secondary N) is 3. The molecule has 0 bridgehead atoms. The average Bonchev–Trinajstić information content (AvgIpc) is 2.61. The van der Waals surface area contributed by atoms with Crippen molar-refractivity contribution in [3.63, 3.8) is 0 Å². The second-order valence-electron chi connectivity index (χ2n) is 5.32. The molecular formula is C18H23N5O2. The van der Waals surface area contributed by atoms with Crippen molar-refractivity contribution in [3.8, 4) is 11.5 Å². The van der Waals surface area contributed by atoms with Gasteiger partial charge in [0.1, 0.15) is 36.4 Å². The Labute approximate surface area is 147 Å². The Morgan fingerprint density at radius 1 is 0.720 bits per heavy atom. The molecule has 0 spiro atoms. The van der Waals surface area contributed by atoms with Gasteiger partial charge in [0.2, 0.25) is 0 Å². The molecule has 0 radical (unpaired) electrons. The molecular weight excluding hydrogens is 318 g/mol. The third kappa shape index (κ3) is 6.15. The van der Waals surface area contributed by atoms with Crippen LogP contribution in [0.15, 0.2) is 48.5 Å². The lowest BCUT2D eigenvalue weighted by atomic mass is 10.2. The summed E-state index contributed by atoms with van der Waals surface area (Å²) in [5, 5.41) is 17.9. The van der Waals surface area contributed by atoms with E-state index in [-0.39, 0.29) is 11.7 Å². The van der Waals surface area contributed by atoms with Crippen molar-refractivity contribution in [2.75, 3.05) is 26.3 Å². The van der Waals surface area contributed by atoms with Crippen LogP contribution in [0, 0.1) is 10.8 Å². The summed E-state index contributed by atoms with van der Waals surface area (Å²) in [5.74, 6) is 1.58. The van der Waals surface area contributed by atoms with Crippen LogP contribution < -0.4 is 26.3 Å². The Balaban J connectivity index is 1.57. The Kier molecular flexibility index (Phi) is 6.79. The maximum absolute atomic E-state index is 7.33. The standard InChI is InChI=1S/C18H23N5O2/c19-17(20)13-1-5-15(6-2-13)24-11-9-23-10-12-25-16-7-3-14(4-8-16)18(21)22/h1-8,23H,9-12H2,(H3,19,20)(H3,21,22). The monoisotopic (exact) mass is 341 g/mol. The van der Waals surface area contributed by atoms with Crippen LogP contribution >= 0.6 is 0 Å². The summed E-state index contributed by atoms with van der Waals surface area (Å²) in [6.45, 7) is 2.46. The van der Waals surface area contributed by atoms with Crippen LogP contribution in [0.4, 0.5) is 0 Å². The van der Waals surface area contributed by atoms with Gasteiger partial charge >= 0.3 is 0 Å². The van der Waals surface area contributed by atoms with Crippen LogP contribution in [0.25, 0.3) is 0 Å². The summed E-state index contributed by atoms with van der Waals surface area (Å²) >= 11 is 0. The number of ether oxygens (including phenoxy) is 2. The van der Waals surface area contributed by atoms with Crippen molar-refractivity contribution in [1.29, 1.82) is 10.8 Å².